The van der Waals surface area contributed by atoms with Gasteiger partial charge in [-0.1, -0.05) is 0 Å². The van der Waals surface area contributed by atoms with E-state index in [4.69, 9.17) is 4.42 Å². The van der Waals surface area contributed by atoms with Crippen LogP contribution in [0.25, 0.3) is 0 Å². The van der Waals surface area contributed by atoms with Gasteiger partial charge in [-0.3, -0.25) is 9.59 Å². The van der Waals surface area contributed by atoms with Crippen molar-refractivity contribution in [2.45, 2.75) is 31.7 Å². The van der Waals surface area contributed by atoms with Crippen molar-refractivity contribution in [2.75, 3.05) is 5.32 Å². The first-order valence-corrected chi connectivity index (χ1v) is 8.78. The summed E-state index contributed by atoms with van der Waals surface area (Å²) in [6.07, 6.45) is 6.39. The van der Waals surface area contributed by atoms with E-state index >= 15 is 0 Å². The summed E-state index contributed by atoms with van der Waals surface area (Å²) in [6.45, 7) is 0. The third kappa shape index (κ3) is 3.32. The van der Waals surface area contributed by atoms with Gasteiger partial charge in [-0.2, -0.15) is 0 Å². The van der Waals surface area contributed by atoms with Gasteiger partial charge in [0.25, 0.3) is 11.8 Å². The molecule has 0 aliphatic heterocycles. The second-order valence-electron chi connectivity index (χ2n) is 6.27. The molecule has 120 valence electrons. The summed E-state index contributed by atoms with van der Waals surface area (Å²) in [4.78, 5) is 25.0. The number of amides is 2. The van der Waals surface area contributed by atoms with Crippen LogP contribution >= 0.6 is 11.3 Å². The Morgan fingerprint density at radius 1 is 1.09 bits per heavy atom. The van der Waals surface area contributed by atoms with Crippen molar-refractivity contribution in [2.24, 2.45) is 11.8 Å². The van der Waals surface area contributed by atoms with E-state index in [-0.39, 0.29) is 17.6 Å². The summed E-state index contributed by atoms with van der Waals surface area (Å²) in [7, 11) is 0. The average molecular weight is 330 g/mol. The summed E-state index contributed by atoms with van der Waals surface area (Å²) in [5.41, 5.74) is 0. The zero-order valence-electron chi connectivity index (χ0n) is 12.6. The van der Waals surface area contributed by atoms with Gasteiger partial charge in [0.1, 0.15) is 0 Å². The quantitative estimate of drug-likeness (QED) is 0.851. The summed E-state index contributed by atoms with van der Waals surface area (Å²) < 4.78 is 5.05. The number of carbonyl (C=O) groups is 2. The van der Waals surface area contributed by atoms with Gasteiger partial charge < -0.3 is 15.1 Å². The Morgan fingerprint density at radius 2 is 1.83 bits per heavy atom. The topological polar surface area (TPSA) is 71.3 Å². The highest BCUT2D eigenvalue weighted by Gasteiger charge is 2.42. The molecule has 0 spiro atoms. The van der Waals surface area contributed by atoms with E-state index in [9.17, 15) is 9.59 Å². The molecular weight excluding hydrogens is 312 g/mol. The van der Waals surface area contributed by atoms with Gasteiger partial charge in [-0.05, 0) is 61.8 Å². The molecule has 2 aliphatic rings. The lowest BCUT2D eigenvalue weighted by Gasteiger charge is -2.16. The standard InChI is InChI=1S/C17H18N2O3S/c20-16(12-2-1-9-22-12)18-14-8-7-13(23-14)17(21)19-15(10-3-4-10)11-5-6-11/h1-2,7-11,15H,3-6H2,(H,18,20)(H,19,21). The Labute approximate surface area is 138 Å². The number of rotatable bonds is 6. The van der Waals surface area contributed by atoms with Gasteiger partial charge in [0, 0.05) is 6.04 Å². The SMILES string of the molecule is O=C(Nc1ccc(C(=O)NC(C2CC2)C2CC2)s1)c1ccco1. The Bertz CT molecular complexity index is 702. The Hall–Kier alpha value is -2.08. The fourth-order valence-electron chi connectivity index (χ4n) is 2.86. The van der Waals surface area contributed by atoms with Crippen molar-refractivity contribution < 1.29 is 14.0 Å². The van der Waals surface area contributed by atoms with E-state index in [0.29, 0.717) is 27.8 Å². The van der Waals surface area contributed by atoms with Gasteiger partial charge in [0.15, 0.2) is 5.76 Å². The van der Waals surface area contributed by atoms with Gasteiger partial charge in [0.2, 0.25) is 0 Å². The molecule has 0 saturated heterocycles. The first-order chi connectivity index (χ1) is 11.2. The first-order valence-electron chi connectivity index (χ1n) is 7.96. The fourth-order valence-corrected chi connectivity index (χ4v) is 3.67. The molecule has 2 heterocycles. The average Bonchev–Trinajstić information content (AvgIpc) is 3.46. The minimum absolute atomic E-state index is 0.0303. The van der Waals surface area contributed by atoms with Crippen LogP contribution in [0.2, 0.25) is 0 Å². The molecule has 2 N–H and O–H groups in total. The zero-order valence-corrected chi connectivity index (χ0v) is 13.4. The van der Waals surface area contributed by atoms with Crippen molar-refractivity contribution in [3.8, 4) is 0 Å². The highest BCUT2D eigenvalue weighted by molar-refractivity contribution is 7.18. The monoisotopic (exact) mass is 330 g/mol. The second-order valence-corrected chi connectivity index (χ2v) is 7.35. The van der Waals surface area contributed by atoms with Gasteiger partial charge in [0.05, 0.1) is 16.1 Å². The van der Waals surface area contributed by atoms with Gasteiger partial charge >= 0.3 is 0 Å². The number of carbonyl (C=O) groups excluding carboxylic acids is 2. The van der Waals surface area contributed by atoms with Crippen LogP contribution in [-0.4, -0.2) is 17.9 Å². The van der Waals surface area contributed by atoms with E-state index in [1.807, 2.05) is 0 Å². The van der Waals surface area contributed by atoms with Crippen LogP contribution in [0, 0.1) is 11.8 Å². The molecule has 23 heavy (non-hydrogen) atoms. The summed E-state index contributed by atoms with van der Waals surface area (Å²) in [6, 6.07) is 7.12. The number of hydrogen-bond donors (Lipinski definition) is 2. The second kappa shape index (κ2) is 5.85. The van der Waals surface area contributed by atoms with Crippen LogP contribution in [0.3, 0.4) is 0 Å². The van der Waals surface area contributed by atoms with E-state index in [0.717, 1.165) is 0 Å². The number of hydrogen-bond acceptors (Lipinski definition) is 4. The Kier molecular flexibility index (Phi) is 3.69. The third-order valence-corrected chi connectivity index (χ3v) is 5.37. The molecule has 0 atom stereocenters. The van der Waals surface area contributed by atoms with Crippen LogP contribution in [0.4, 0.5) is 5.00 Å². The molecule has 2 amide bonds. The van der Waals surface area contributed by atoms with Crippen molar-refractivity contribution in [1.29, 1.82) is 0 Å². The maximum Gasteiger partial charge on any atom is 0.291 e. The van der Waals surface area contributed by atoms with Gasteiger partial charge in [-0.15, -0.1) is 11.3 Å². The van der Waals surface area contributed by atoms with Crippen LogP contribution in [0.5, 0.6) is 0 Å². The normalized spacial score (nSPS) is 17.3. The molecule has 2 aromatic rings. The van der Waals surface area contributed by atoms with E-state index < -0.39 is 0 Å². The molecule has 6 heteroatoms. The molecule has 0 unspecified atom stereocenters. The van der Waals surface area contributed by atoms with E-state index in [2.05, 4.69) is 10.6 Å². The number of thiophene rings is 1. The molecule has 0 bridgehead atoms. The molecule has 2 aliphatic carbocycles. The molecule has 2 saturated carbocycles. The molecule has 2 fully saturated rings. The number of anilines is 1. The van der Waals surface area contributed by atoms with Crippen molar-refractivity contribution in [1.82, 2.24) is 5.32 Å². The minimum Gasteiger partial charge on any atom is -0.459 e. The molecular formula is C17H18N2O3S. The summed E-state index contributed by atoms with van der Waals surface area (Å²) in [5, 5.41) is 6.58. The maximum absolute atomic E-state index is 12.4. The summed E-state index contributed by atoms with van der Waals surface area (Å²) in [5.74, 6) is 1.26. The Morgan fingerprint density at radius 3 is 2.43 bits per heavy atom. The van der Waals surface area contributed by atoms with E-state index in [1.165, 1.54) is 43.3 Å². The predicted molar refractivity (Wildman–Crippen MR) is 87.7 cm³/mol. The van der Waals surface area contributed by atoms with Crippen molar-refractivity contribution >= 4 is 28.2 Å². The van der Waals surface area contributed by atoms with Crippen LogP contribution in [0.15, 0.2) is 34.9 Å². The van der Waals surface area contributed by atoms with Crippen LogP contribution in [0.1, 0.15) is 45.9 Å². The lowest BCUT2D eigenvalue weighted by atomic mass is 10.1. The molecule has 0 aromatic carbocycles. The lowest BCUT2D eigenvalue weighted by Crippen LogP contribution is -2.37. The molecule has 0 radical (unpaired) electrons. The Balaban J connectivity index is 1.38. The highest BCUT2D eigenvalue weighted by Crippen LogP contribution is 2.44. The zero-order chi connectivity index (χ0) is 15.8. The molecule has 4 rings (SSSR count). The molecule has 2 aromatic heterocycles. The maximum atomic E-state index is 12.4. The predicted octanol–water partition coefficient (Wildman–Crippen LogP) is 3.51. The third-order valence-electron chi connectivity index (χ3n) is 4.37. The van der Waals surface area contributed by atoms with Crippen LogP contribution in [-0.2, 0) is 0 Å². The van der Waals surface area contributed by atoms with E-state index in [1.54, 1.807) is 24.3 Å². The number of furan rings is 1. The smallest absolute Gasteiger partial charge is 0.291 e. The molecule has 5 nitrogen and oxygen atoms in total. The van der Waals surface area contributed by atoms with Gasteiger partial charge in [-0.25, -0.2) is 0 Å². The van der Waals surface area contributed by atoms with Crippen molar-refractivity contribution in [3.63, 3.8) is 0 Å². The highest BCUT2D eigenvalue weighted by atomic mass is 32.1. The summed E-state index contributed by atoms with van der Waals surface area (Å²) >= 11 is 1.29. The van der Waals surface area contributed by atoms with Crippen molar-refractivity contribution in [3.05, 3.63) is 41.2 Å². The largest absolute Gasteiger partial charge is 0.459 e. The fraction of sp³-hybridized carbons (Fsp3) is 0.412. The minimum atomic E-state index is -0.308. The number of nitrogens with one attached hydrogen (secondary N) is 2. The lowest BCUT2D eigenvalue weighted by molar-refractivity contribution is 0.0929. The first kappa shape index (κ1) is 14.5. The van der Waals surface area contributed by atoms with Crippen LogP contribution < -0.4 is 10.6 Å².